The number of methoxy groups -OCH3 is 1. The van der Waals surface area contributed by atoms with E-state index in [0.29, 0.717) is 28.3 Å². The van der Waals surface area contributed by atoms with Crippen molar-refractivity contribution in [2.24, 2.45) is 0 Å². The summed E-state index contributed by atoms with van der Waals surface area (Å²) in [6.45, 7) is 2.41. The van der Waals surface area contributed by atoms with Crippen molar-refractivity contribution < 1.29 is 14.3 Å². The Hall–Kier alpha value is -3.61. The third kappa shape index (κ3) is 6.04. The third-order valence-corrected chi connectivity index (χ3v) is 6.10. The molecule has 0 aliphatic heterocycles. The van der Waals surface area contributed by atoms with Gasteiger partial charge < -0.3 is 9.47 Å². The highest BCUT2D eigenvalue weighted by Gasteiger charge is 2.12. The summed E-state index contributed by atoms with van der Waals surface area (Å²) in [5, 5.41) is 4.00. The zero-order chi connectivity index (χ0) is 23.9. The summed E-state index contributed by atoms with van der Waals surface area (Å²) in [6.07, 6.45) is 3.19. The van der Waals surface area contributed by atoms with Gasteiger partial charge in [-0.1, -0.05) is 60.1 Å². The first-order valence-electron chi connectivity index (χ1n) is 10.6. The number of hydrogen-bond donors (Lipinski definition) is 1. The number of anilines is 1. The number of carbonyl (C=O) groups excluding carboxylic acids is 1. The summed E-state index contributed by atoms with van der Waals surface area (Å²) < 4.78 is 11.4. The summed E-state index contributed by atoms with van der Waals surface area (Å²) in [4.78, 5) is 18.0. The van der Waals surface area contributed by atoms with Crippen molar-refractivity contribution in [3.8, 4) is 22.8 Å². The van der Waals surface area contributed by atoms with Crippen molar-refractivity contribution in [2.45, 2.75) is 13.5 Å². The van der Waals surface area contributed by atoms with Crippen LogP contribution in [-0.4, -0.2) is 18.0 Å². The van der Waals surface area contributed by atoms with Crippen LogP contribution in [0.3, 0.4) is 0 Å². The zero-order valence-electron chi connectivity index (χ0n) is 18.7. The fourth-order valence-corrected chi connectivity index (χ4v) is 4.34. The number of aryl methyl sites for hydroxylation is 1. The molecule has 0 saturated carbocycles. The van der Waals surface area contributed by atoms with E-state index >= 15 is 0 Å². The lowest BCUT2D eigenvalue weighted by Crippen LogP contribution is -2.07. The van der Waals surface area contributed by atoms with Crippen molar-refractivity contribution in [2.75, 3.05) is 12.4 Å². The second-order valence-electron chi connectivity index (χ2n) is 7.44. The smallest absolute Gasteiger partial charge is 0.250 e. The normalized spacial score (nSPS) is 10.9. The average Bonchev–Trinajstić information content (AvgIpc) is 3.22. The maximum Gasteiger partial charge on any atom is 0.250 e. The molecule has 0 saturated heterocycles. The molecule has 1 heterocycles. The van der Waals surface area contributed by atoms with Crippen LogP contribution in [0.1, 0.15) is 16.0 Å². The molecule has 0 atom stereocenters. The molecule has 7 heteroatoms. The quantitative estimate of drug-likeness (QED) is 0.270. The Morgan fingerprint density at radius 3 is 2.65 bits per heavy atom. The van der Waals surface area contributed by atoms with Crippen LogP contribution >= 0.6 is 22.9 Å². The molecule has 0 aliphatic carbocycles. The fraction of sp³-hybridized carbons (Fsp3) is 0.111. The third-order valence-electron chi connectivity index (χ3n) is 4.98. The van der Waals surface area contributed by atoms with Gasteiger partial charge in [0.2, 0.25) is 5.91 Å². The van der Waals surface area contributed by atoms with E-state index in [2.05, 4.69) is 10.3 Å². The highest BCUT2D eigenvalue weighted by atomic mass is 35.5. The molecule has 0 aliphatic rings. The summed E-state index contributed by atoms with van der Waals surface area (Å²) in [7, 11) is 1.59. The number of amides is 1. The van der Waals surface area contributed by atoms with E-state index in [-0.39, 0.29) is 5.91 Å². The number of rotatable bonds is 8. The number of hydrogen-bond acceptors (Lipinski definition) is 5. The average molecular weight is 491 g/mol. The van der Waals surface area contributed by atoms with Gasteiger partial charge in [0.1, 0.15) is 6.61 Å². The van der Waals surface area contributed by atoms with Gasteiger partial charge in [-0.25, -0.2) is 4.98 Å². The van der Waals surface area contributed by atoms with Gasteiger partial charge in [0.25, 0.3) is 0 Å². The second kappa shape index (κ2) is 11.0. The first-order valence-corrected chi connectivity index (χ1v) is 11.8. The molecule has 1 N–H and O–H groups in total. The molecule has 172 valence electrons. The maximum atomic E-state index is 12.5. The Balaban J connectivity index is 1.40. The zero-order valence-corrected chi connectivity index (χ0v) is 20.3. The predicted octanol–water partition coefficient (Wildman–Crippen LogP) is 7.01. The molecule has 1 aromatic heterocycles. The van der Waals surface area contributed by atoms with Gasteiger partial charge >= 0.3 is 0 Å². The predicted molar refractivity (Wildman–Crippen MR) is 139 cm³/mol. The van der Waals surface area contributed by atoms with Gasteiger partial charge in [-0.2, -0.15) is 0 Å². The second-order valence-corrected chi connectivity index (χ2v) is 9.08. The lowest BCUT2D eigenvalue weighted by atomic mass is 10.1. The Morgan fingerprint density at radius 2 is 1.88 bits per heavy atom. The molecule has 0 unspecified atom stereocenters. The molecule has 0 bridgehead atoms. The SMILES string of the molecule is COc1cc(/C=C/C(=O)Nc2nc(-c3cccc(Cl)c3)c(C)s2)ccc1OCc1ccccc1. The van der Waals surface area contributed by atoms with Crippen molar-refractivity contribution in [1.82, 2.24) is 4.98 Å². The number of carbonyl (C=O) groups is 1. The van der Waals surface area contributed by atoms with Crippen LogP contribution in [0.5, 0.6) is 11.5 Å². The summed E-state index contributed by atoms with van der Waals surface area (Å²) in [5.41, 5.74) is 3.61. The minimum absolute atomic E-state index is 0.269. The molecule has 34 heavy (non-hydrogen) atoms. The van der Waals surface area contributed by atoms with Crippen LogP contribution in [0.2, 0.25) is 5.02 Å². The molecule has 3 aromatic carbocycles. The highest BCUT2D eigenvalue weighted by molar-refractivity contribution is 7.16. The number of thiazole rings is 1. The van der Waals surface area contributed by atoms with Crippen molar-refractivity contribution >= 4 is 40.1 Å². The minimum Gasteiger partial charge on any atom is -0.493 e. The highest BCUT2D eigenvalue weighted by Crippen LogP contribution is 2.32. The van der Waals surface area contributed by atoms with Gasteiger partial charge in [-0.05, 0) is 48.4 Å². The number of aromatic nitrogens is 1. The van der Waals surface area contributed by atoms with Crippen molar-refractivity contribution in [1.29, 1.82) is 0 Å². The first-order chi connectivity index (χ1) is 16.5. The van der Waals surface area contributed by atoms with E-state index < -0.39 is 0 Å². The van der Waals surface area contributed by atoms with Crippen LogP contribution in [-0.2, 0) is 11.4 Å². The number of nitrogens with zero attached hydrogens (tertiary/aromatic N) is 1. The lowest BCUT2D eigenvalue weighted by molar-refractivity contribution is -0.111. The topological polar surface area (TPSA) is 60.5 Å². The van der Waals surface area contributed by atoms with Crippen LogP contribution in [0, 0.1) is 6.92 Å². The number of benzene rings is 3. The maximum absolute atomic E-state index is 12.5. The number of ether oxygens (including phenoxy) is 2. The number of halogens is 1. The lowest BCUT2D eigenvalue weighted by Gasteiger charge is -2.11. The summed E-state index contributed by atoms with van der Waals surface area (Å²) in [5.74, 6) is 0.967. The Kier molecular flexibility index (Phi) is 7.62. The van der Waals surface area contributed by atoms with Crippen molar-refractivity contribution in [3.05, 3.63) is 99.9 Å². The van der Waals surface area contributed by atoms with E-state index in [0.717, 1.165) is 27.3 Å². The van der Waals surface area contributed by atoms with E-state index in [9.17, 15) is 4.79 Å². The fourth-order valence-electron chi connectivity index (χ4n) is 3.31. The van der Waals surface area contributed by atoms with E-state index in [1.54, 1.807) is 13.2 Å². The molecule has 0 fully saturated rings. The molecular weight excluding hydrogens is 468 g/mol. The van der Waals surface area contributed by atoms with Crippen molar-refractivity contribution in [3.63, 3.8) is 0 Å². The minimum atomic E-state index is -0.269. The summed E-state index contributed by atoms with van der Waals surface area (Å²) in [6, 6.07) is 23.0. The largest absolute Gasteiger partial charge is 0.493 e. The van der Waals surface area contributed by atoms with Crippen LogP contribution in [0.15, 0.2) is 78.9 Å². The molecule has 0 radical (unpaired) electrons. The molecule has 0 spiro atoms. The van der Waals surface area contributed by atoms with Gasteiger partial charge in [0, 0.05) is 21.5 Å². The Morgan fingerprint density at radius 1 is 1.06 bits per heavy atom. The van der Waals surface area contributed by atoms with E-state index in [4.69, 9.17) is 21.1 Å². The number of nitrogens with one attached hydrogen (secondary N) is 1. The van der Waals surface area contributed by atoms with Gasteiger partial charge in [0.15, 0.2) is 16.6 Å². The molecule has 1 amide bonds. The Labute approximate surface area is 207 Å². The van der Waals surface area contributed by atoms with Gasteiger partial charge in [-0.15, -0.1) is 11.3 Å². The molecule has 4 aromatic rings. The molecular formula is C27H23ClN2O3S. The monoisotopic (exact) mass is 490 g/mol. The van der Waals surface area contributed by atoms with Gasteiger partial charge in [0.05, 0.1) is 12.8 Å². The Bertz CT molecular complexity index is 1320. The molecule has 4 rings (SSSR count). The van der Waals surface area contributed by atoms with Crippen LogP contribution < -0.4 is 14.8 Å². The molecule has 5 nitrogen and oxygen atoms in total. The van der Waals surface area contributed by atoms with Gasteiger partial charge in [-0.3, -0.25) is 10.1 Å². The standard InChI is InChI=1S/C27H23ClN2O3S/c1-18-26(21-9-6-10-22(28)16-21)30-27(34-18)29-25(31)14-12-19-11-13-23(24(15-19)32-2)33-17-20-7-4-3-5-8-20/h3-16H,17H2,1-2H3,(H,29,30,31)/b14-12+. The van der Waals surface area contributed by atoms with E-state index in [1.807, 2.05) is 79.7 Å². The first kappa shape index (κ1) is 23.5. The van der Waals surface area contributed by atoms with E-state index in [1.165, 1.54) is 17.4 Å². The van der Waals surface area contributed by atoms with Crippen LogP contribution in [0.4, 0.5) is 5.13 Å². The summed E-state index contributed by atoms with van der Waals surface area (Å²) >= 11 is 7.51. The van der Waals surface area contributed by atoms with Crippen LogP contribution in [0.25, 0.3) is 17.3 Å².